The van der Waals surface area contributed by atoms with Gasteiger partial charge in [-0.25, -0.2) is 0 Å². The third-order valence-electron chi connectivity index (χ3n) is 7.10. The molecule has 1 atom stereocenters. The maximum absolute atomic E-state index is 4.76. The molecule has 3 aliphatic rings. The number of hydrogen-bond donors (Lipinski definition) is 1. The molecule has 1 saturated carbocycles. The lowest BCUT2D eigenvalue weighted by molar-refractivity contribution is 0.00413. The van der Waals surface area contributed by atoms with Gasteiger partial charge in [0, 0.05) is 51.2 Å². The molecule has 1 spiro atoms. The molecule has 0 radical (unpaired) electrons. The maximum atomic E-state index is 4.76. The summed E-state index contributed by atoms with van der Waals surface area (Å²) in [5.41, 5.74) is 5.58. The fraction of sp³-hybridized carbons (Fsp3) is 0.516. The fourth-order valence-corrected chi connectivity index (χ4v) is 5.48. The van der Waals surface area contributed by atoms with Gasteiger partial charge in [0.1, 0.15) is 0 Å². The first-order valence-corrected chi connectivity index (χ1v) is 13.2. The first kappa shape index (κ1) is 28.8. The summed E-state index contributed by atoms with van der Waals surface area (Å²) >= 11 is 0. The van der Waals surface area contributed by atoms with Crippen molar-refractivity contribution >= 4 is 11.8 Å². The molecule has 0 bridgehead atoms. The minimum atomic E-state index is 0.610. The van der Waals surface area contributed by atoms with E-state index in [1.54, 1.807) is 6.08 Å². The van der Waals surface area contributed by atoms with Crippen molar-refractivity contribution in [3.8, 4) is 0 Å². The Labute approximate surface area is 215 Å². The fourth-order valence-electron chi connectivity index (χ4n) is 5.48. The predicted octanol–water partition coefficient (Wildman–Crippen LogP) is 6.13. The summed E-state index contributed by atoms with van der Waals surface area (Å²) in [6, 6.07) is 9.45. The maximum Gasteiger partial charge on any atom is 0.0516 e. The molecule has 1 saturated heterocycles. The van der Waals surface area contributed by atoms with Crippen LogP contribution < -0.4 is 5.32 Å². The number of rotatable bonds is 3. The number of benzene rings is 1. The Kier molecular flexibility index (Phi) is 12.2. The zero-order valence-electron chi connectivity index (χ0n) is 22.7. The van der Waals surface area contributed by atoms with E-state index in [0.717, 1.165) is 32.2 Å². The number of aliphatic imine (C=N–C) groups is 1. The molecule has 2 aliphatic heterocycles. The first-order valence-electron chi connectivity index (χ1n) is 13.2. The monoisotopic (exact) mass is 476 g/mol. The molecule has 1 aliphatic carbocycles. The summed E-state index contributed by atoms with van der Waals surface area (Å²) in [6.45, 7) is 25.7. The lowest BCUT2D eigenvalue weighted by Crippen LogP contribution is -2.55. The summed E-state index contributed by atoms with van der Waals surface area (Å²) in [5, 5.41) is 3.61. The van der Waals surface area contributed by atoms with Gasteiger partial charge in [0.2, 0.25) is 0 Å². The Balaban J connectivity index is 0.000000803. The second kappa shape index (κ2) is 14.9. The Morgan fingerprint density at radius 1 is 1.20 bits per heavy atom. The highest BCUT2D eigenvalue weighted by molar-refractivity contribution is 5.85. The van der Waals surface area contributed by atoms with Crippen molar-refractivity contribution in [2.75, 3.05) is 45.8 Å². The van der Waals surface area contributed by atoms with E-state index in [4.69, 9.17) is 4.99 Å². The highest BCUT2D eigenvalue weighted by atomic mass is 15.2. The summed E-state index contributed by atoms with van der Waals surface area (Å²) in [4.78, 5) is 10.1. The largest absolute Gasteiger partial charge is 0.389 e. The molecule has 0 amide bonds. The molecule has 4 nitrogen and oxygen atoms in total. The second-order valence-electron chi connectivity index (χ2n) is 9.99. The summed E-state index contributed by atoms with van der Waals surface area (Å²) in [6.07, 6.45) is 12.3. The third kappa shape index (κ3) is 8.63. The van der Waals surface area contributed by atoms with Gasteiger partial charge in [0.15, 0.2) is 0 Å². The van der Waals surface area contributed by atoms with Crippen molar-refractivity contribution in [3.63, 3.8) is 0 Å². The molecule has 0 aromatic heterocycles. The predicted molar refractivity (Wildman–Crippen MR) is 155 cm³/mol. The molecule has 1 N–H and O–H groups in total. The van der Waals surface area contributed by atoms with Gasteiger partial charge in [-0.15, -0.1) is 19.7 Å². The van der Waals surface area contributed by atoms with Gasteiger partial charge in [-0.05, 0) is 74.8 Å². The first-order chi connectivity index (χ1) is 17.0. The second-order valence-corrected chi connectivity index (χ2v) is 9.99. The average Bonchev–Trinajstić information content (AvgIpc) is 3.27. The van der Waals surface area contributed by atoms with E-state index >= 15 is 0 Å². The van der Waals surface area contributed by atoms with Crippen molar-refractivity contribution in [1.29, 1.82) is 0 Å². The minimum Gasteiger partial charge on any atom is -0.389 e. The van der Waals surface area contributed by atoms with E-state index in [1.165, 1.54) is 61.2 Å². The number of hydrogen-bond acceptors (Lipinski definition) is 4. The number of nitrogens with zero attached hydrogens (tertiary/aromatic N) is 3. The van der Waals surface area contributed by atoms with Crippen LogP contribution in [0.25, 0.3) is 5.57 Å². The Bertz CT molecular complexity index is 876. The van der Waals surface area contributed by atoms with Crippen molar-refractivity contribution in [3.05, 3.63) is 79.1 Å². The Morgan fingerprint density at radius 3 is 2.63 bits per heavy atom. The average molecular weight is 477 g/mol. The zero-order valence-corrected chi connectivity index (χ0v) is 22.7. The van der Waals surface area contributed by atoms with Crippen LogP contribution in [0.15, 0.2) is 72.9 Å². The van der Waals surface area contributed by atoms with E-state index in [1.807, 2.05) is 13.1 Å². The van der Waals surface area contributed by atoms with Crippen molar-refractivity contribution in [1.82, 2.24) is 15.1 Å². The van der Waals surface area contributed by atoms with Gasteiger partial charge < -0.3 is 10.2 Å². The Hall–Kier alpha value is -2.43. The van der Waals surface area contributed by atoms with Crippen LogP contribution in [-0.2, 0) is 0 Å². The SMILES string of the molecule is C=C.C=CC.CCN1CC2(CCC(N3CCN=C/C(C)=C\C(c4cccc(C)c4)=C\NCC3)C2)C1. The molecule has 192 valence electrons. The molecule has 1 aromatic carbocycles. The lowest BCUT2D eigenvalue weighted by atomic mass is 9.78. The van der Waals surface area contributed by atoms with Gasteiger partial charge >= 0.3 is 0 Å². The summed E-state index contributed by atoms with van der Waals surface area (Å²) < 4.78 is 0. The van der Waals surface area contributed by atoms with E-state index in [2.05, 4.69) is 92.2 Å². The van der Waals surface area contributed by atoms with Crippen LogP contribution in [0.2, 0.25) is 0 Å². The van der Waals surface area contributed by atoms with Gasteiger partial charge in [0.05, 0.1) is 6.54 Å². The number of aryl methyl sites for hydroxylation is 1. The topological polar surface area (TPSA) is 30.9 Å². The highest BCUT2D eigenvalue weighted by Gasteiger charge is 2.48. The standard InChI is InChI=1S/C26H38N4.C3H6.C2H4/c1-4-29-19-26(20-29)9-8-25(16-26)30-12-10-27-17-22(3)15-24(18-28-11-13-30)23-7-5-6-21(2)14-23;1-3-2;1-2/h5-7,14-15,17-18,25,28H,4,8-13,16,19-20H2,1-3H3;3H,1H2,2H3;1-2H2/b22-15-,24-18-,27-17?;;. The van der Waals surface area contributed by atoms with Crippen LogP contribution in [0.1, 0.15) is 51.2 Å². The smallest absolute Gasteiger partial charge is 0.0516 e. The summed E-state index contributed by atoms with van der Waals surface area (Å²) in [5.74, 6) is 0. The number of likely N-dealkylation sites (tertiary alicyclic amines) is 1. The van der Waals surface area contributed by atoms with E-state index in [-0.39, 0.29) is 0 Å². The Morgan fingerprint density at radius 2 is 1.94 bits per heavy atom. The van der Waals surface area contributed by atoms with E-state index < -0.39 is 0 Å². The van der Waals surface area contributed by atoms with Crippen LogP contribution in [-0.4, -0.2) is 67.9 Å². The van der Waals surface area contributed by atoms with E-state index in [0.29, 0.717) is 5.41 Å². The third-order valence-corrected chi connectivity index (χ3v) is 7.10. The van der Waals surface area contributed by atoms with Gasteiger partial charge in [-0.2, -0.15) is 0 Å². The van der Waals surface area contributed by atoms with Crippen LogP contribution in [0.5, 0.6) is 0 Å². The number of allylic oxidation sites excluding steroid dienone is 4. The molecule has 35 heavy (non-hydrogen) atoms. The van der Waals surface area contributed by atoms with Crippen LogP contribution >= 0.6 is 0 Å². The molecule has 2 heterocycles. The van der Waals surface area contributed by atoms with Gasteiger partial charge in [-0.1, -0.05) is 42.8 Å². The minimum absolute atomic E-state index is 0.610. The van der Waals surface area contributed by atoms with E-state index in [9.17, 15) is 0 Å². The molecule has 4 rings (SSSR count). The molecule has 2 fully saturated rings. The van der Waals surface area contributed by atoms with Crippen molar-refractivity contribution in [2.24, 2.45) is 10.4 Å². The summed E-state index contributed by atoms with van der Waals surface area (Å²) in [7, 11) is 0. The lowest BCUT2D eigenvalue weighted by Gasteiger charge is -2.48. The molecule has 1 unspecified atom stereocenters. The van der Waals surface area contributed by atoms with Crippen LogP contribution in [0.4, 0.5) is 0 Å². The molecule has 4 heteroatoms. The van der Waals surface area contributed by atoms with Crippen molar-refractivity contribution in [2.45, 2.75) is 53.0 Å². The zero-order chi connectivity index (χ0) is 25.7. The van der Waals surface area contributed by atoms with Crippen LogP contribution in [0, 0.1) is 12.3 Å². The molecular formula is C31H48N4. The molecular weight excluding hydrogens is 428 g/mol. The van der Waals surface area contributed by atoms with Crippen LogP contribution in [0.3, 0.4) is 0 Å². The number of nitrogens with one attached hydrogen (secondary N) is 1. The van der Waals surface area contributed by atoms with Crippen molar-refractivity contribution < 1.29 is 0 Å². The highest BCUT2D eigenvalue weighted by Crippen LogP contribution is 2.46. The van der Waals surface area contributed by atoms with Gasteiger partial charge in [0.25, 0.3) is 0 Å². The van der Waals surface area contributed by atoms with Gasteiger partial charge in [-0.3, -0.25) is 9.89 Å². The quantitative estimate of drug-likeness (QED) is 0.533. The molecule has 1 aromatic rings. The normalized spacial score (nSPS) is 25.4.